The van der Waals surface area contributed by atoms with Crippen LogP contribution >= 0.6 is 23.2 Å². The second-order valence-electron chi connectivity index (χ2n) is 3.20. The molecule has 13 heavy (non-hydrogen) atoms. The monoisotopic (exact) mass is 220 g/mol. The lowest BCUT2D eigenvalue weighted by atomic mass is 10.0. The first-order valence-corrected chi connectivity index (χ1v) is 5.04. The Morgan fingerprint density at radius 1 is 1.46 bits per heavy atom. The van der Waals surface area contributed by atoms with Gasteiger partial charge in [0.25, 0.3) is 0 Å². The third kappa shape index (κ3) is 3.17. The lowest BCUT2D eigenvalue weighted by Crippen LogP contribution is -2.02. The lowest BCUT2D eigenvalue weighted by Gasteiger charge is -2.08. The Hall–Kier alpha value is -0.270. The van der Waals surface area contributed by atoms with Crippen molar-refractivity contribution in [3.63, 3.8) is 0 Å². The topological polar surface area (TPSA) is 0 Å². The molecule has 0 spiro atoms. The Bertz CT molecular complexity index is 286. The molecule has 0 bridgehead atoms. The molecular weight excluding hydrogens is 210 g/mol. The van der Waals surface area contributed by atoms with Gasteiger partial charge in [0.1, 0.15) is 5.82 Å². The Morgan fingerprint density at radius 2 is 2.15 bits per heavy atom. The summed E-state index contributed by atoms with van der Waals surface area (Å²) in [5.74, 6) is 0.587. The Labute approximate surface area is 87.7 Å². The van der Waals surface area contributed by atoms with E-state index >= 15 is 0 Å². The van der Waals surface area contributed by atoms with Crippen LogP contribution in [0, 0.1) is 11.7 Å². The van der Waals surface area contributed by atoms with E-state index in [0.717, 1.165) is 0 Å². The number of hydrogen-bond acceptors (Lipinski definition) is 0. The van der Waals surface area contributed by atoms with Crippen LogP contribution in [0.3, 0.4) is 0 Å². The molecule has 0 aliphatic carbocycles. The average molecular weight is 221 g/mol. The van der Waals surface area contributed by atoms with Gasteiger partial charge in [-0.2, -0.15) is 0 Å². The molecule has 1 rings (SSSR count). The van der Waals surface area contributed by atoms with Gasteiger partial charge in [0.15, 0.2) is 0 Å². The number of rotatable bonds is 3. The van der Waals surface area contributed by atoms with E-state index in [0.29, 0.717) is 22.9 Å². The fourth-order valence-electron chi connectivity index (χ4n) is 1.12. The van der Waals surface area contributed by atoms with E-state index in [2.05, 4.69) is 0 Å². The molecule has 0 amide bonds. The maximum absolute atomic E-state index is 13.2. The van der Waals surface area contributed by atoms with Crippen molar-refractivity contribution in [2.75, 3.05) is 5.88 Å². The van der Waals surface area contributed by atoms with Crippen molar-refractivity contribution < 1.29 is 4.39 Å². The molecule has 0 aliphatic heterocycles. The summed E-state index contributed by atoms with van der Waals surface area (Å²) in [4.78, 5) is 0. The van der Waals surface area contributed by atoms with Gasteiger partial charge in [-0.15, -0.1) is 11.6 Å². The summed E-state index contributed by atoms with van der Waals surface area (Å²) in [6, 6.07) is 4.74. The van der Waals surface area contributed by atoms with Crippen LogP contribution in [0.1, 0.15) is 12.5 Å². The van der Waals surface area contributed by atoms with Crippen LogP contribution in [-0.4, -0.2) is 5.88 Å². The summed E-state index contributed by atoms with van der Waals surface area (Å²) in [5.41, 5.74) is 0.678. The highest BCUT2D eigenvalue weighted by Gasteiger charge is 2.07. The summed E-state index contributed by atoms with van der Waals surface area (Å²) < 4.78 is 13.2. The minimum absolute atomic E-state index is 0.246. The van der Waals surface area contributed by atoms with Gasteiger partial charge in [0.05, 0.1) is 0 Å². The molecule has 72 valence electrons. The zero-order valence-electron chi connectivity index (χ0n) is 7.36. The van der Waals surface area contributed by atoms with E-state index in [1.807, 2.05) is 6.92 Å². The van der Waals surface area contributed by atoms with Crippen LogP contribution in [0.2, 0.25) is 5.02 Å². The molecule has 1 aromatic rings. The molecule has 0 fully saturated rings. The fraction of sp³-hybridized carbons (Fsp3) is 0.400. The van der Waals surface area contributed by atoms with E-state index < -0.39 is 0 Å². The number of halogens is 3. The van der Waals surface area contributed by atoms with Gasteiger partial charge in [0, 0.05) is 10.9 Å². The zero-order valence-corrected chi connectivity index (χ0v) is 8.87. The third-order valence-corrected chi connectivity index (χ3v) is 2.61. The zero-order chi connectivity index (χ0) is 9.84. The van der Waals surface area contributed by atoms with Crippen molar-refractivity contribution in [2.45, 2.75) is 13.3 Å². The van der Waals surface area contributed by atoms with Crippen LogP contribution in [0.25, 0.3) is 0 Å². The first-order valence-electron chi connectivity index (χ1n) is 4.13. The summed E-state index contributed by atoms with van der Waals surface area (Å²) in [7, 11) is 0. The van der Waals surface area contributed by atoms with Gasteiger partial charge in [-0.05, 0) is 30.0 Å². The lowest BCUT2D eigenvalue weighted by molar-refractivity contribution is 0.577. The maximum Gasteiger partial charge on any atom is 0.127 e. The Balaban J connectivity index is 2.77. The van der Waals surface area contributed by atoms with Gasteiger partial charge in [-0.25, -0.2) is 4.39 Å². The molecule has 0 aromatic heterocycles. The first kappa shape index (κ1) is 10.8. The average Bonchev–Trinajstić information content (AvgIpc) is 2.09. The van der Waals surface area contributed by atoms with Gasteiger partial charge >= 0.3 is 0 Å². The van der Waals surface area contributed by atoms with Crippen molar-refractivity contribution in [1.29, 1.82) is 0 Å². The van der Waals surface area contributed by atoms with Crippen LogP contribution in [0.5, 0.6) is 0 Å². The molecular formula is C10H11Cl2F. The van der Waals surface area contributed by atoms with Crippen LogP contribution in [-0.2, 0) is 6.42 Å². The Kier molecular flexibility index (Phi) is 4.01. The molecule has 0 nitrogen and oxygen atoms in total. The summed E-state index contributed by atoms with van der Waals surface area (Å²) in [6.45, 7) is 1.99. The molecule has 0 saturated carbocycles. The first-order chi connectivity index (χ1) is 6.13. The fourth-order valence-corrected chi connectivity index (χ4v) is 1.39. The largest absolute Gasteiger partial charge is 0.207 e. The van der Waals surface area contributed by atoms with Crippen LogP contribution < -0.4 is 0 Å². The minimum atomic E-state index is -0.246. The minimum Gasteiger partial charge on any atom is -0.207 e. The predicted octanol–water partition coefficient (Wildman–Crippen LogP) is 3.90. The summed E-state index contributed by atoms with van der Waals surface area (Å²) in [6.07, 6.45) is 0.659. The molecule has 3 heteroatoms. The van der Waals surface area contributed by atoms with Crippen molar-refractivity contribution in [3.8, 4) is 0 Å². The quantitative estimate of drug-likeness (QED) is 0.679. The Morgan fingerprint density at radius 3 is 2.69 bits per heavy atom. The molecule has 1 aromatic carbocycles. The third-order valence-electron chi connectivity index (χ3n) is 1.85. The van der Waals surface area contributed by atoms with Crippen molar-refractivity contribution >= 4 is 23.2 Å². The molecule has 0 N–H and O–H groups in total. The van der Waals surface area contributed by atoms with Gasteiger partial charge in [0.2, 0.25) is 0 Å². The second-order valence-corrected chi connectivity index (χ2v) is 3.94. The van der Waals surface area contributed by atoms with E-state index in [1.165, 1.54) is 6.07 Å². The molecule has 0 heterocycles. The SMILES string of the molecule is CC(CCl)Cc1ccc(Cl)cc1F. The maximum atomic E-state index is 13.2. The van der Waals surface area contributed by atoms with E-state index in [1.54, 1.807) is 12.1 Å². The molecule has 1 unspecified atom stereocenters. The van der Waals surface area contributed by atoms with Crippen molar-refractivity contribution in [2.24, 2.45) is 5.92 Å². The van der Waals surface area contributed by atoms with E-state index in [9.17, 15) is 4.39 Å². The normalized spacial score (nSPS) is 12.9. The highest BCUT2D eigenvalue weighted by Crippen LogP contribution is 2.18. The number of benzene rings is 1. The van der Waals surface area contributed by atoms with Crippen LogP contribution in [0.15, 0.2) is 18.2 Å². The standard InChI is InChI=1S/C10H11Cl2F/c1-7(6-11)4-8-2-3-9(12)5-10(8)13/h2-3,5,7H,4,6H2,1H3. The van der Waals surface area contributed by atoms with Gasteiger partial charge in [-0.1, -0.05) is 24.6 Å². The van der Waals surface area contributed by atoms with Crippen molar-refractivity contribution in [3.05, 3.63) is 34.6 Å². The number of alkyl halides is 1. The smallest absolute Gasteiger partial charge is 0.127 e. The molecule has 1 atom stereocenters. The number of hydrogen-bond donors (Lipinski definition) is 0. The summed E-state index contributed by atoms with van der Waals surface area (Å²) >= 11 is 11.3. The molecule has 0 radical (unpaired) electrons. The second kappa shape index (κ2) is 4.83. The van der Waals surface area contributed by atoms with Crippen molar-refractivity contribution in [1.82, 2.24) is 0 Å². The predicted molar refractivity (Wildman–Crippen MR) is 55.0 cm³/mol. The summed E-state index contributed by atoms with van der Waals surface area (Å²) in [5, 5.41) is 0.430. The van der Waals surface area contributed by atoms with Gasteiger partial charge in [-0.3, -0.25) is 0 Å². The van der Waals surface area contributed by atoms with Crippen LogP contribution in [0.4, 0.5) is 4.39 Å². The molecule has 0 aliphatic rings. The van der Waals surface area contributed by atoms with Gasteiger partial charge < -0.3 is 0 Å². The van der Waals surface area contributed by atoms with E-state index in [4.69, 9.17) is 23.2 Å². The van der Waals surface area contributed by atoms with E-state index in [-0.39, 0.29) is 11.7 Å². The molecule has 0 saturated heterocycles. The highest BCUT2D eigenvalue weighted by atomic mass is 35.5. The highest BCUT2D eigenvalue weighted by molar-refractivity contribution is 6.30.